The Hall–Kier alpha value is -1.41. The summed E-state index contributed by atoms with van der Waals surface area (Å²) < 4.78 is 5.51. The van der Waals surface area contributed by atoms with Crippen molar-refractivity contribution in [3.63, 3.8) is 0 Å². The van der Waals surface area contributed by atoms with Gasteiger partial charge in [-0.1, -0.05) is 12.1 Å². The van der Waals surface area contributed by atoms with Crippen LogP contribution in [0.25, 0.3) is 0 Å². The summed E-state index contributed by atoms with van der Waals surface area (Å²) in [5.74, 6) is 0. The van der Waals surface area contributed by atoms with Crippen LogP contribution in [0.1, 0.15) is 30.9 Å². The number of hydrogen-bond donors (Lipinski definition) is 0. The highest BCUT2D eigenvalue weighted by molar-refractivity contribution is 5.31. The first-order valence-corrected chi connectivity index (χ1v) is 8.24. The third kappa shape index (κ3) is 3.49. The van der Waals surface area contributed by atoms with Gasteiger partial charge in [-0.05, 0) is 37.5 Å². The maximum Gasteiger partial charge on any atom is 0.0991 e. The first-order chi connectivity index (χ1) is 10.7. The second-order valence-electron chi connectivity index (χ2n) is 6.68. The van der Waals surface area contributed by atoms with E-state index < -0.39 is 0 Å². The van der Waals surface area contributed by atoms with Crippen molar-refractivity contribution >= 4 is 0 Å². The normalized spacial score (nSPS) is 23.1. The SMILES string of the molecule is CC1(N2CCN(Cc3ccc(C#N)cc3)CC2)CCOCC1. The standard InChI is InChI=1S/C18H25N3O/c1-18(6-12-22-13-7-18)21-10-8-20(9-11-21)15-17-4-2-16(14-19)3-5-17/h2-5H,6-13,15H2,1H3. The van der Waals surface area contributed by atoms with Crippen LogP contribution >= 0.6 is 0 Å². The van der Waals surface area contributed by atoms with E-state index in [1.807, 2.05) is 12.1 Å². The molecular formula is C18H25N3O. The molecule has 22 heavy (non-hydrogen) atoms. The number of nitrogens with zero attached hydrogens (tertiary/aromatic N) is 3. The molecule has 1 aromatic carbocycles. The Balaban J connectivity index is 1.52. The number of ether oxygens (including phenoxy) is 1. The summed E-state index contributed by atoms with van der Waals surface area (Å²) in [6, 6.07) is 10.1. The van der Waals surface area contributed by atoms with Crippen molar-refractivity contribution < 1.29 is 4.74 Å². The fraction of sp³-hybridized carbons (Fsp3) is 0.611. The molecule has 2 aliphatic rings. The molecule has 4 nitrogen and oxygen atoms in total. The number of piperazine rings is 1. The lowest BCUT2D eigenvalue weighted by molar-refractivity contribution is -0.0385. The van der Waals surface area contributed by atoms with Gasteiger partial charge in [0.1, 0.15) is 0 Å². The lowest BCUT2D eigenvalue weighted by atomic mass is 9.89. The summed E-state index contributed by atoms with van der Waals surface area (Å²) in [6.45, 7) is 9.72. The molecule has 3 rings (SSSR count). The quantitative estimate of drug-likeness (QED) is 0.858. The Morgan fingerprint density at radius 3 is 2.32 bits per heavy atom. The zero-order valence-corrected chi connectivity index (χ0v) is 13.4. The first kappa shape index (κ1) is 15.5. The lowest BCUT2D eigenvalue weighted by Crippen LogP contribution is -2.57. The van der Waals surface area contributed by atoms with E-state index in [0.717, 1.165) is 64.3 Å². The maximum absolute atomic E-state index is 8.85. The third-order valence-corrected chi connectivity index (χ3v) is 5.19. The first-order valence-electron chi connectivity index (χ1n) is 8.24. The zero-order chi connectivity index (χ0) is 15.4. The van der Waals surface area contributed by atoms with E-state index in [2.05, 4.69) is 34.9 Å². The van der Waals surface area contributed by atoms with Crippen LogP contribution < -0.4 is 0 Å². The predicted molar refractivity (Wildman–Crippen MR) is 86.5 cm³/mol. The zero-order valence-electron chi connectivity index (χ0n) is 13.4. The van der Waals surface area contributed by atoms with Gasteiger partial charge in [0.15, 0.2) is 0 Å². The molecule has 2 fully saturated rings. The molecule has 2 saturated heterocycles. The van der Waals surface area contributed by atoms with Crippen molar-refractivity contribution in [3.05, 3.63) is 35.4 Å². The predicted octanol–water partition coefficient (Wildman–Crippen LogP) is 2.24. The van der Waals surface area contributed by atoms with Crippen LogP contribution in [0.3, 0.4) is 0 Å². The van der Waals surface area contributed by atoms with Gasteiger partial charge in [-0.25, -0.2) is 0 Å². The fourth-order valence-corrected chi connectivity index (χ4v) is 3.52. The van der Waals surface area contributed by atoms with Crippen molar-refractivity contribution in [2.75, 3.05) is 39.4 Å². The van der Waals surface area contributed by atoms with Crippen LogP contribution in [0.4, 0.5) is 0 Å². The molecule has 2 heterocycles. The van der Waals surface area contributed by atoms with Crippen LogP contribution in [0.2, 0.25) is 0 Å². The molecule has 2 aliphatic heterocycles. The van der Waals surface area contributed by atoms with Gasteiger partial charge in [-0.2, -0.15) is 5.26 Å². The van der Waals surface area contributed by atoms with Gasteiger partial charge >= 0.3 is 0 Å². The highest BCUT2D eigenvalue weighted by Crippen LogP contribution is 2.28. The van der Waals surface area contributed by atoms with E-state index in [-0.39, 0.29) is 0 Å². The van der Waals surface area contributed by atoms with Gasteiger partial charge in [0.05, 0.1) is 11.6 Å². The van der Waals surface area contributed by atoms with Crippen LogP contribution in [0, 0.1) is 11.3 Å². The molecule has 0 spiro atoms. The van der Waals surface area contributed by atoms with Crippen LogP contribution in [0.5, 0.6) is 0 Å². The van der Waals surface area contributed by atoms with Crippen molar-refractivity contribution in [2.24, 2.45) is 0 Å². The fourth-order valence-electron chi connectivity index (χ4n) is 3.52. The maximum atomic E-state index is 8.85. The van der Waals surface area contributed by atoms with Crippen molar-refractivity contribution in [1.29, 1.82) is 5.26 Å². The summed E-state index contributed by atoms with van der Waals surface area (Å²) >= 11 is 0. The number of rotatable bonds is 3. The molecule has 0 radical (unpaired) electrons. The highest BCUT2D eigenvalue weighted by atomic mass is 16.5. The molecule has 118 valence electrons. The molecule has 0 saturated carbocycles. The Kier molecular flexibility index (Phi) is 4.77. The van der Waals surface area contributed by atoms with Gasteiger partial charge in [-0.3, -0.25) is 9.80 Å². The lowest BCUT2D eigenvalue weighted by Gasteiger charge is -2.47. The molecule has 1 aromatic rings. The summed E-state index contributed by atoms with van der Waals surface area (Å²) in [4.78, 5) is 5.17. The molecule has 0 atom stereocenters. The molecule has 0 aliphatic carbocycles. The Bertz CT molecular complexity index is 520. The van der Waals surface area contributed by atoms with Crippen LogP contribution in [0.15, 0.2) is 24.3 Å². The molecule has 4 heteroatoms. The summed E-state index contributed by atoms with van der Waals surface area (Å²) in [7, 11) is 0. The van der Waals surface area contributed by atoms with E-state index in [0.29, 0.717) is 5.54 Å². The van der Waals surface area contributed by atoms with Crippen molar-refractivity contribution in [1.82, 2.24) is 9.80 Å². The average Bonchev–Trinajstić information content (AvgIpc) is 2.57. The van der Waals surface area contributed by atoms with E-state index in [1.165, 1.54) is 5.56 Å². The summed E-state index contributed by atoms with van der Waals surface area (Å²) in [5.41, 5.74) is 2.37. The Morgan fingerprint density at radius 1 is 1.09 bits per heavy atom. The minimum atomic E-state index is 0.332. The average molecular weight is 299 g/mol. The minimum Gasteiger partial charge on any atom is -0.381 e. The molecule has 0 aromatic heterocycles. The Morgan fingerprint density at radius 2 is 1.73 bits per heavy atom. The van der Waals surface area contributed by atoms with Crippen LogP contribution in [-0.4, -0.2) is 54.7 Å². The van der Waals surface area contributed by atoms with Crippen molar-refractivity contribution in [3.8, 4) is 6.07 Å². The number of hydrogen-bond acceptors (Lipinski definition) is 4. The molecule has 0 N–H and O–H groups in total. The summed E-state index contributed by atoms with van der Waals surface area (Å²) in [6.07, 6.45) is 2.31. The van der Waals surface area contributed by atoms with Gasteiger partial charge < -0.3 is 4.74 Å². The number of nitriles is 1. The smallest absolute Gasteiger partial charge is 0.0991 e. The highest BCUT2D eigenvalue weighted by Gasteiger charge is 2.35. The van der Waals surface area contributed by atoms with Gasteiger partial charge in [0.25, 0.3) is 0 Å². The summed E-state index contributed by atoms with van der Waals surface area (Å²) in [5, 5.41) is 8.85. The molecule has 0 bridgehead atoms. The van der Waals surface area contributed by atoms with Gasteiger partial charge in [-0.15, -0.1) is 0 Å². The van der Waals surface area contributed by atoms with E-state index >= 15 is 0 Å². The van der Waals surface area contributed by atoms with E-state index in [1.54, 1.807) is 0 Å². The van der Waals surface area contributed by atoms with Gasteiger partial charge in [0.2, 0.25) is 0 Å². The van der Waals surface area contributed by atoms with Crippen LogP contribution in [-0.2, 0) is 11.3 Å². The molecule has 0 amide bonds. The second-order valence-corrected chi connectivity index (χ2v) is 6.68. The van der Waals surface area contributed by atoms with Crippen molar-refractivity contribution in [2.45, 2.75) is 31.8 Å². The minimum absolute atomic E-state index is 0.332. The Labute approximate surface area is 133 Å². The third-order valence-electron chi connectivity index (χ3n) is 5.19. The molecular weight excluding hydrogens is 274 g/mol. The number of benzene rings is 1. The molecule has 0 unspecified atom stereocenters. The van der Waals surface area contributed by atoms with E-state index in [4.69, 9.17) is 10.00 Å². The largest absolute Gasteiger partial charge is 0.381 e. The topological polar surface area (TPSA) is 39.5 Å². The second kappa shape index (κ2) is 6.78. The monoisotopic (exact) mass is 299 g/mol. The van der Waals surface area contributed by atoms with Gasteiger partial charge in [0, 0.05) is 51.5 Å². The van der Waals surface area contributed by atoms with E-state index in [9.17, 15) is 0 Å².